The molecule has 0 atom stereocenters. The minimum absolute atomic E-state index is 1.35. The zero-order valence-corrected chi connectivity index (χ0v) is 8.66. The molecule has 0 aromatic carbocycles. The fourth-order valence-corrected chi connectivity index (χ4v) is 1.86. The van der Waals surface area contributed by atoms with Crippen LogP contribution in [0.25, 0.3) is 0 Å². The minimum Gasteiger partial charge on any atom is -0.0707 e. The summed E-state index contributed by atoms with van der Waals surface area (Å²) < 4.78 is 0. The van der Waals surface area contributed by atoms with Gasteiger partial charge in [-0.2, -0.15) is 0 Å². The molecule has 12 heavy (non-hydrogen) atoms. The maximum Gasteiger partial charge on any atom is -0.0280 e. The average Bonchev–Trinajstić information content (AvgIpc) is 2.04. The number of hydrogen-bond acceptors (Lipinski definition) is 0. The maximum atomic E-state index is 2.28. The molecule has 0 heteroatoms. The molecule has 0 saturated heterocycles. The van der Waals surface area contributed by atoms with Gasteiger partial charge in [0.25, 0.3) is 0 Å². The van der Waals surface area contributed by atoms with Crippen LogP contribution in [0.5, 0.6) is 0 Å². The predicted molar refractivity (Wildman–Crippen MR) is 55.3 cm³/mol. The van der Waals surface area contributed by atoms with Crippen molar-refractivity contribution in [3.05, 3.63) is 11.1 Å². The SMILES string of the molecule is CCCCC1=C(CCCC)CC1. The lowest BCUT2D eigenvalue weighted by Crippen LogP contribution is -2.04. The maximum absolute atomic E-state index is 2.28. The minimum atomic E-state index is 1.35. The quantitative estimate of drug-likeness (QED) is 0.511. The van der Waals surface area contributed by atoms with Gasteiger partial charge in [-0.15, -0.1) is 0 Å². The normalized spacial score (nSPS) is 16.5. The first-order chi connectivity index (χ1) is 5.88. The van der Waals surface area contributed by atoms with Gasteiger partial charge in [-0.3, -0.25) is 0 Å². The molecule has 0 aromatic heterocycles. The van der Waals surface area contributed by atoms with Gasteiger partial charge >= 0.3 is 0 Å². The molecular formula is C12H22. The van der Waals surface area contributed by atoms with Crippen LogP contribution < -0.4 is 0 Å². The largest absolute Gasteiger partial charge is 0.0707 e. The smallest absolute Gasteiger partial charge is 0.0280 e. The van der Waals surface area contributed by atoms with E-state index in [1.807, 2.05) is 11.1 Å². The van der Waals surface area contributed by atoms with E-state index < -0.39 is 0 Å². The number of allylic oxidation sites excluding steroid dienone is 2. The van der Waals surface area contributed by atoms with Gasteiger partial charge in [0.2, 0.25) is 0 Å². The molecule has 0 unspecified atom stereocenters. The zero-order chi connectivity index (χ0) is 8.81. The van der Waals surface area contributed by atoms with Gasteiger partial charge in [0, 0.05) is 0 Å². The highest BCUT2D eigenvalue weighted by atomic mass is 14.2. The Hall–Kier alpha value is -0.260. The third-order valence-corrected chi connectivity index (χ3v) is 2.89. The molecule has 0 nitrogen and oxygen atoms in total. The lowest BCUT2D eigenvalue weighted by molar-refractivity contribution is 0.634. The molecule has 0 radical (unpaired) electrons. The second-order valence-electron chi connectivity index (χ2n) is 3.91. The molecule has 1 aliphatic rings. The van der Waals surface area contributed by atoms with E-state index in [-0.39, 0.29) is 0 Å². The third kappa shape index (κ3) is 2.66. The number of rotatable bonds is 6. The van der Waals surface area contributed by atoms with Gasteiger partial charge in [-0.1, -0.05) is 37.8 Å². The van der Waals surface area contributed by atoms with Crippen LogP contribution in [0.4, 0.5) is 0 Å². The lowest BCUT2D eigenvalue weighted by atomic mass is 9.82. The highest BCUT2D eigenvalue weighted by molar-refractivity contribution is 5.24. The Balaban J connectivity index is 2.22. The predicted octanol–water partition coefficient (Wildman–Crippen LogP) is 4.46. The van der Waals surface area contributed by atoms with E-state index in [0.29, 0.717) is 0 Å². The van der Waals surface area contributed by atoms with E-state index in [9.17, 15) is 0 Å². The van der Waals surface area contributed by atoms with Gasteiger partial charge in [0.05, 0.1) is 0 Å². The topological polar surface area (TPSA) is 0 Å². The average molecular weight is 166 g/mol. The number of unbranched alkanes of at least 4 members (excludes halogenated alkanes) is 2. The van der Waals surface area contributed by atoms with Crippen LogP contribution in [0, 0.1) is 0 Å². The Morgan fingerprint density at radius 3 is 1.50 bits per heavy atom. The summed E-state index contributed by atoms with van der Waals surface area (Å²) >= 11 is 0. The van der Waals surface area contributed by atoms with E-state index in [4.69, 9.17) is 0 Å². The van der Waals surface area contributed by atoms with Crippen molar-refractivity contribution in [2.75, 3.05) is 0 Å². The zero-order valence-electron chi connectivity index (χ0n) is 8.66. The van der Waals surface area contributed by atoms with Crippen molar-refractivity contribution in [1.82, 2.24) is 0 Å². The van der Waals surface area contributed by atoms with Crippen LogP contribution in [-0.2, 0) is 0 Å². The Morgan fingerprint density at radius 1 is 0.833 bits per heavy atom. The van der Waals surface area contributed by atoms with Crippen molar-refractivity contribution in [2.24, 2.45) is 0 Å². The lowest BCUT2D eigenvalue weighted by Gasteiger charge is -2.24. The summed E-state index contributed by atoms with van der Waals surface area (Å²) in [6.45, 7) is 4.57. The van der Waals surface area contributed by atoms with Crippen molar-refractivity contribution in [3.8, 4) is 0 Å². The molecule has 0 amide bonds. The monoisotopic (exact) mass is 166 g/mol. The first-order valence-corrected chi connectivity index (χ1v) is 5.58. The summed E-state index contributed by atoms with van der Waals surface area (Å²) in [5, 5.41) is 0. The number of hydrogen-bond donors (Lipinski definition) is 0. The molecule has 1 rings (SSSR count). The van der Waals surface area contributed by atoms with Crippen LogP contribution >= 0.6 is 0 Å². The molecule has 0 spiro atoms. The van der Waals surface area contributed by atoms with E-state index in [0.717, 1.165) is 0 Å². The summed E-state index contributed by atoms with van der Waals surface area (Å²) in [6, 6.07) is 0. The Labute approximate surface area is 77.1 Å². The summed E-state index contributed by atoms with van der Waals surface area (Å²) in [5.41, 5.74) is 3.62. The van der Waals surface area contributed by atoms with Gasteiger partial charge < -0.3 is 0 Å². The highest BCUT2D eigenvalue weighted by Gasteiger charge is 2.14. The van der Waals surface area contributed by atoms with Gasteiger partial charge in [-0.05, 0) is 38.5 Å². The van der Waals surface area contributed by atoms with Crippen LogP contribution in [0.3, 0.4) is 0 Å². The molecule has 0 heterocycles. The molecule has 0 aromatic rings. The van der Waals surface area contributed by atoms with Crippen molar-refractivity contribution in [1.29, 1.82) is 0 Å². The molecule has 1 aliphatic carbocycles. The molecule has 70 valence electrons. The van der Waals surface area contributed by atoms with Crippen molar-refractivity contribution in [2.45, 2.75) is 65.2 Å². The van der Waals surface area contributed by atoms with E-state index >= 15 is 0 Å². The standard InChI is InChI=1S/C12H22/c1-3-5-7-11-9-10-12(11)8-6-4-2/h3-10H2,1-2H3. The van der Waals surface area contributed by atoms with Crippen LogP contribution in [0.15, 0.2) is 11.1 Å². The first kappa shape index (κ1) is 9.83. The molecule has 0 aliphatic heterocycles. The highest BCUT2D eigenvalue weighted by Crippen LogP contribution is 2.34. The summed E-state index contributed by atoms with van der Waals surface area (Å²) in [4.78, 5) is 0. The first-order valence-electron chi connectivity index (χ1n) is 5.58. The molecule has 0 bridgehead atoms. The molecule has 0 saturated carbocycles. The van der Waals surface area contributed by atoms with Crippen LogP contribution in [0.1, 0.15) is 65.2 Å². The van der Waals surface area contributed by atoms with Crippen molar-refractivity contribution in [3.63, 3.8) is 0 Å². The fraction of sp³-hybridized carbons (Fsp3) is 0.833. The molecule has 0 fully saturated rings. The van der Waals surface area contributed by atoms with E-state index in [2.05, 4.69) is 13.8 Å². The summed E-state index contributed by atoms with van der Waals surface area (Å²) in [7, 11) is 0. The Bertz CT molecular complexity index is 135. The van der Waals surface area contributed by atoms with E-state index in [1.54, 1.807) is 0 Å². The van der Waals surface area contributed by atoms with Gasteiger partial charge in [0.15, 0.2) is 0 Å². The Kier molecular flexibility index (Phi) is 4.42. The van der Waals surface area contributed by atoms with Crippen molar-refractivity contribution >= 4 is 0 Å². The van der Waals surface area contributed by atoms with Crippen molar-refractivity contribution < 1.29 is 0 Å². The second kappa shape index (κ2) is 5.40. The Morgan fingerprint density at radius 2 is 1.25 bits per heavy atom. The molecule has 0 N–H and O–H groups in total. The van der Waals surface area contributed by atoms with Crippen LogP contribution in [0.2, 0.25) is 0 Å². The summed E-state index contributed by atoms with van der Waals surface area (Å²) in [5.74, 6) is 0. The third-order valence-electron chi connectivity index (χ3n) is 2.89. The van der Waals surface area contributed by atoms with Gasteiger partial charge in [0.1, 0.15) is 0 Å². The second-order valence-corrected chi connectivity index (χ2v) is 3.91. The summed E-state index contributed by atoms with van der Waals surface area (Å²) in [6.07, 6.45) is 11.1. The molecular weight excluding hydrogens is 144 g/mol. The van der Waals surface area contributed by atoms with E-state index in [1.165, 1.54) is 51.4 Å². The van der Waals surface area contributed by atoms with Gasteiger partial charge in [-0.25, -0.2) is 0 Å². The van der Waals surface area contributed by atoms with Crippen LogP contribution in [-0.4, -0.2) is 0 Å². The fourth-order valence-electron chi connectivity index (χ4n) is 1.86.